The molecule has 0 heterocycles. The van der Waals surface area contributed by atoms with Gasteiger partial charge in [-0.25, -0.2) is 0 Å². The van der Waals surface area contributed by atoms with Gasteiger partial charge in [0.15, 0.2) is 0 Å². The monoisotopic (exact) mass is 331 g/mol. The Hall–Kier alpha value is -0.460. The second-order valence-corrected chi connectivity index (χ2v) is 6.93. The minimum Gasteiger partial charge on any atom is -0.384 e. The Morgan fingerprint density at radius 1 is 0.739 bits per heavy atom. The van der Waals surface area contributed by atoms with Gasteiger partial charge in [0.05, 0.1) is 0 Å². The third-order valence-corrected chi connectivity index (χ3v) is 3.46. The summed E-state index contributed by atoms with van der Waals surface area (Å²) in [5.74, 6) is 0. The van der Waals surface area contributed by atoms with Gasteiger partial charge in [-0.15, -0.1) is 0 Å². The van der Waals surface area contributed by atoms with Crippen molar-refractivity contribution in [2.75, 3.05) is 14.1 Å². The molecule has 0 fully saturated rings. The quantitative estimate of drug-likeness (QED) is 0.501. The van der Waals surface area contributed by atoms with Gasteiger partial charge in [-0.3, -0.25) is 0 Å². The molecule has 0 aliphatic heterocycles. The van der Waals surface area contributed by atoms with Crippen molar-refractivity contribution in [2.24, 2.45) is 10.8 Å². The highest BCUT2D eigenvalue weighted by Gasteiger charge is 2.16. The predicted molar refractivity (Wildman–Crippen MR) is 115 cm³/mol. The summed E-state index contributed by atoms with van der Waals surface area (Å²) in [6, 6.07) is 0. The van der Waals surface area contributed by atoms with E-state index in [2.05, 4.69) is 80.6 Å². The van der Waals surface area contributed by atoms with Gasteiger partial charge in [0.25, 0.3) is 0 Å². The van der Waals surface area contributed by atoms with Crippen LogP contribution in [0.5, 0.6) is 0 Å². The Morgan fingerprint density at radius 2 is 1.00 bits per heavy atom. The summed E-state index contributed by atoms with van der Waals surface area (Å²) in [5, 5.41) is 0. The van der Waals surface area contributed by atoms with Crippen LogP contribution in [0.2, 0.25) is 0 Å². The number of nitrogens with zero attached hydrogens (tertiary/aromatic N) is 1. The van der Waals surface area contributed by atoms with Crippen molar-refractivity contribution in [1.82, 2.24) is 4.90 Å². The fraction of sp³-hybridized carbons (Fsp3) is 0.909. The maximum absolute atomic E-state index is 2.28. The molecular weight excluding hydrogens is 278 g/mol. The van der Waals surface area contributed by atoms with Gasteiger partial charge in [0.1, 0.15) is 0 Å². The third kappa shape index (κ3) is 34.1. The minimum absolute atomic E-state index is 0.351. The third-order valence-electron chi connectivity index (χ3n) is 3.46. The van der Waals surface area contributed by atoms with Crippen LogP contribution in [-0.4, -0.2) is 19.0 Å². The SMILES string of the molecule is CC.CC.CC.CCC(C)(C)/C(C)=C/N(C)C.CCC(C)(C)C. The van der Waals surface area contributed by atoms with Gasteiger partial charge in [-0.05, 0) is 30.4 Å². The van der Waals surface area contributed by atoms with E-state index in [9.17, 15) is 0 Å². The van der Waals surface area contributed by atoms with Crippen molar-refractivity contribution < 1.29 is 0 Å². The highest BCUT2D eigenvalue weighted by Crippen LogP contribution is 2.29. The second-order valence-electron chi connectivity index (χ2n) is 6.93. The molecule has 1 heteroatoms. The van der Waals surface area contributed by atoms with Crippen LogP contribution in [0.15, 0.2) is 11.8 Å². The summed E-state index contributed by atoms with van der Waals surface area (Å²) >= 11 is 0. The maximum Gasteiger partial charge on any atom is 0.00556 e. The zero-order valence-corrected chi connectivity index (χ0v) is 19.9. The van der Waals surface area contributed by atoms with Crippen molar-refractivity contribution in [3.63, 3.8) is 0 Å². The predicted octanol–water partition coefficient (Wildman–Crippen LogP) is 8.41. The first-order chi connectivity index (χ1) is 10.5. The van der Waals surface area contributed by atoms with Gasteiger partial charge in [-0.2, -0.15) is 0 Å². The Balaban J connectivity index is -0.0000000762. The molecule has 0 unspecified atom stereocenters. The van der Waals surface area contributed by atoms with Crippen LogP contribution in [-0.2, 0) is 0 Å². The molecule has 1 nitrogen and oxygen atoms in total. The first kappa shape index (κ1) is 34.0. The van der Waals surface area contributed by atoms with Gasteiger partial charge in [0, 0.05) is 14.1 Å². The zero-order chi connectivity index (χ0) is 20.3. The lowest BCUT2D eigenvalue weighted by Gasteiger charge is -2.25. The second kappa shape index (κ2) is 21.5. The van der Waals surface area contributed by atoms with Crippen LogP contribution in [0.25, 0.3) is 0 Å². The van der Waals surface area contributed by atoms with Crippen molar-refractivity contribution >= 4 is 0 Å². The largest absolute Gasteiger partial charge is 0.384 e. The molecule has 0 saturated carbocycles. The van der Waals surface area contributed by atoms with Crippen LogP contribution in [0, 0.1) is 10.8 Å². The molecule has 0 atom stereocenters. The smallest absolute Gasteiger partial charge is 0.00556 e. The van der Waals surface area contributed by atoms with Gasteiger partial charge >= 0.3 is 0 Å². The first-order valence-electron chi connectivity index (χ1n) is 9.81. The van der Waals surface area contributed by atoms with E-state index in [0.717, 1.165) is 0 Å². The molecule has 23 heavy (non-hydrogen) atoms. The summed E-state index contributed by atoms with van der Waals surface area (Å²) in [6.45, 7) is 29.9. The van der Waals surface area contributed by atoms with Crippen LogP contribution >= 0.6 is 0 Å². The average Bonchev–Trinajstić information content (AvgIpc) is 2.52. The van der Waals surface area contributed by atoms with E-state index in [1.165, 1.54) is 18.4 Å². The lowest BCUT2D eigenvalue weighted by atomic mass is 9.83. The molecule has 0 aromatic rings. The van der Waals surface area contributed by atoms with E-state index >= 15 is 0 Å². The topological polar surface area (TPSA) is 3.24 Å². The van der Waals surface area contributed by atoms with Gasteiger partial charge in [0.2, 0.25) is 0 Å². The van der Waals surface area contributed by atoms with Crippen LogP contribution in [0.4, 0.5) is 0 Å². The highest BCUT2D eigenvalue weighted by molar-refractivity contribution is 5.07. The fourth-order valence-corrected chi connectivity index (χ4v) is 0.841. The zero-order valence-electron chi connectivity index (χ0n) is 19.9. The van der Waals surface area contributed by atoms with E-state index in [0.29, 0.717) is 10.8 Å². The Kier molecular flexibility index (Phi) is 31.8. The number of allylic oxidation sites excluding steroid dienone is 1. The normalized spacial score (nSPS) is 10.3. The molecule has 0 spiro atoms. The molecule has 0 aliphatic carbocycles. The maximum atomic E-state index is 2.28. The lowest BCUT2D eigenvalue weighted by molar-refractivity contribution is 0.398. The Morgan fingerprint density at radius 3 is 1.13 bits per heavy atom. The van der Waals surface area contributed by atoms with Gasteiger partial charge in [-0.1, -0.05) is 102 Å². The fourth-order valence-electron chi connectivity index (χ4n) is 0.841. The van der Waals surface area contributed by atoms with E-state index in [1.807, 2.05) is 41.5 Å². The van der Waals surface area contributed by atoms with Crippen molar-refractivity contribution in [3.8, 4) is 0 Å². The van der Waals surface area contributed by atoms with E-state index in [1.54, 1.807) is 0 Å². The number of hydrogen-bond acceptors (Lipinski definition) is 1. The molecule has 0 radical (unpaired) electrons. The number of rotatable bonds is 3. The summed E-state index contributed by atoms with van der Waals surface area (Å²) < 4.78 is 0. The Labute approximate surface area is 151 Å². The summed E-state index contributed by atoms with van der Waals surface area (Å²) in [6.07, 6.45) is 4.67. The molecule has 0 amide bonds. The van der Waals surface area contributed by atoms with E-state index in [-0.39, 0.29) is 0 Å². The van der Waals surface area contributed by atoms with Crippen molar-refractivity contribution in [3.05, 3.63) is 11.8 Å². The summed E-state index contributed by atoms with van der Waals surface area (Å²) in [4.78, 5) is 2.10. The molecule has 0 aromatic carbocycles. The molecule has 0 rings (SSSR count). The van der Waals surface area contributed by atoms with E-state index < -0.39 is 0 Å². The average molecular weight is 332 g/mol. The molecular formula is C22H53N. The van der Waals surface area contributed by atoms with Gasteiger partial charge < -0.3 is 4.90 Å². The molecule has 0 bridgehead atoms. The van der Waals surface area contributed by atoms with Crippen LogP contribution in [0.1, 0.15) is 110 Å². The molecule has 0 aromatic heterocycles. The number of hydrogen-bond donors (Lipinski definition) is 0. The molecule has 0 saturated heterocycles. The molecule has 146 valence electrons. The highest BCUT2D eigenvalue weighted by atomic mass is 15.0. The Bertz CT molecular complexity index is 217. The van der Waals surface area contributed by atoms with E-state index in [4.69, 9.17) is 0 Å². The van der Waals surface area contributed by atoms with Crippen molar-refractivity contribution in [2.45, 2.75) is 110 Å². The lowest BCUT2D eigenvalue weighted by Crippen LogP contribution is -2.14. The summed E-state index contributed by atoms with van der Waals surface area (Å²) in [7, 11) is 4.13. The van der Waals surface area contributed by atoms with Crippen LogP contribution < -0.4 is 0 Å². The van der Waals surface area contributed by atoms with Crippen LogP contribution in [0.3, 0.4) is 0 Å². The molecule has 0 N–H and O–H groups in total. The van der Waals surface area contributed by atoms with Crippen molar-refractivity contribution in [1.29, 1.82) is 0 Å². The standard InChI is InChI=1S/C10H21N.C6H14.3C2H6/c1-7-10(3,4)9(2)8-11(5)6;1-5-6(2,3)4;3*1-2/h8H,7H2,1-6H3;5H2,1-4H3;3*1-2H3/b9-8+;;;;. The molecule has 0 aliphatic rings. The first-order valence-corrected chi connectivity index (χ1v) is 9.81. The minimum atomic E-state index is 0.351. The summed E-state index contributed by atoms with van der Waals surface area (Å²) in [5.41, 5.74) is 2.34.